The molecule has 1 atom stereocenters. The molecule has 1 unspecified atom stereocenters. The number of likely N-dealkylation sites (N-methyl/N-ethyl adjacent to an activating group) is 1. The standard InChI is InChI=1S/C13H18FN5/c1-3-4-19-13(17-9-18-19)6-12(15-2)10-5-11(14)8-16-7-10/h5,7-9,12,15H,3-4,6H2,1-2H3. The topological polar surface area (TPSA) is 55.6 Å². The van der Waals surface area contributed by atoms with Gasteiger partial charge in [-0.05, 0) is 25.1 Å². The molecule has 0 bridgehead atoms. The van der Waals surface area contributed by atoms with Gasteiger partial charge >= 0.3 is 0 Å². The molecule has 102 valence electrons. The minimum absolute atomic E-state index is 0.0250. The lowest BCUT2D eigenvalue weighted by atomic mass is 10.1. The first-order chi connectivity index (χ1) is 9.24. The molecule has 0 saturated heterocycles. The monoisotopic (exact) mass is 263 g/mol. The van der Waals surface area contributed by atoms with Gasteiger partial charge in [-0.15, -0.1) is 0 Å². The lowest BCUT2D eigenvalue weighted by molar-refractivity contribution is 0.513. The Labute approximate surface area is 111 Å². The zero-order valence-corrected chi connectivity index (χ0v) is 11.2. The fourth-order valence-corrected chi connectivity index (χ4v) is 2.03. The first kappa shape index (κ1) is 13.6. The van der Waals surface area contributed by atoms with Crippen LogP contribution in [0, 0.1) is 5.82 Å². The number of hydrogen-bond acceptors (Lipinski definition) is 4. The van der Waals surface area contributed by atoms with E-state index in [-0.39, 0.29) is 11.9 Å². The predicted octanol–water partition coefficient (Wildman–Crippen LogP) is 1.73. The van der Waals surface area contributed by atoms with Crippen LogP contribution < -0.4 is 5.32 Å². The molecule has 0 aliphatic carbocycles. The number of aromatic nitrogens is 4. The molecular weight excluding hydrogens is 245 g/mol. The van der Waals surface area contributed by atoms with Crippen LogP contribution in [0.2, 0.25) is 0 Å². The number of pyridine rings is 1. The lowest BCUT2D eigenvalue weighted by Crippen LogP contribution is -2.21. The summed E-state index contributed by atoms with van der Waals surface area (Å²) in [5.41, 5.74) is 0.813. The van der Waals surface area contributed by atoms with Crippen molar-refractivity contribution in [3.63, 3.8) is 0 Å². The third-order valence-corrected chi connectivity index (χ3v) is 2.99. The summed E-state index contributed by atoms with van der Waals surface area (Å²) >= 11 is 0. The summed E-state index contributed by atoms with van der Waals surface area (Å²) in [7, 11) is 1.84. The number of nitrogens with one attached hydrogen (secondary N) is 1. The zero-order valence-electron chi connectivity index (χ0n) is 11.2. The maximum atomic E-state index is 13.2. The van der Waals surface area contributed by atoms with Gasteiger partial charge in [0.1, 0.15) is 18.0 Å². The molecule has 1 N–H and O–H groups in total. The Kier molecular flexibility index (Phi) is 4.57. The van der Waals surface area contributed by atoms with Gasteiger partial charge in [-0.3, -0.25) is 9.67 Å². The average molecular weight is 263 g/mol. The molecule has 6 heteroatoms. The highest BCUT2D eigenvalue weighted by molar-refractivity contribution is 5.16. The Morgan fingerprint density at radius 1 is 1.42 bits per heavy atom. The number of halogens is 1. The van der Waals surface area contributed by atoms with Gasteiger partial charge in [-0.2, -0.15) is 5.10 Å². The molecule has 2 heterocycles. The third-order valence-electron chi connectivity index (χ3n) is 2.99. The summed E-state index contributed by atoms with van der Waals surface area (Å²) in [4.78, 5) is 8.15. The van der Waals surface area contributed by atoms with Crippen LogP contribution in [-0.4, -0.2) is 26.8 Å². The van der Waals surface area contributed by atoms with Crippen molar-refractivity contribution >= 4 is 0 Å². The van der Waals surface area contributed by atoms with Gasteiger partial charge in [0.25, 0.3) is 0 Å². The van der Waals surface area contributed by atoms with E-state index in [4.69, 9.17) is 0 Å². The van der Waals surface area contributed by atoms with E-state index in [9.17, 15) is 4.39 Å². The van der Waals surface area contributed by atoms with E-state index in [0.717, 1.165) is 24.4 Å². The van der Waals surface area contributed by atoms with Crippen molar-refractivity contribution in [1.29, 1.82) is 0 Å². The largest absolute Gasteiger partial charge is 0.313 e. The molecule has 2 aromatic heterocycles. The molecule has 0 spiro atoms. The van der Waals surface area contributed by atoms with Crippen LogP contribution in [0.15, 0.2) is 24.8 Å². The molecule has 0 radical (unpaired) electrons. The van der Waals surface area contributed by atoms with Crippen LogP contribution in [0.1, 0.15) is 30.8 Å². The molecule has 0 fully saturated rings. The van der Waals surface area contributed by atoms with E-state index < -0.39 is 0 Å². The minimum atomic E-state index is -0.326. The van der Waals surface area contributed by atoms with E-state index in [0.29, 0.717) is 6.42 Å². The van der Waals surface area contributed by atoms with Crippen molar-refractivity contribution < 1.29 is 4.39 Å². The van der Waals surface area contributed by atoms with E-state index in [1.807, 2.05) is 11.7 Å². The minimum Gasteiger partial charge on any atom is -0.313 e. The van der Waals surface area contributed by atoms with Crippen molar-refractivity contribution in [1.82, 2.24) is 25.1 Å². The predicted molar refractivity (Wildman–Crippen MR) is 70.0 cm³/mol. The van der Waals surface area contributed by atoms with Crippen molar-refractivity contribution in [2.24, 2.45) is 0 Å². The summed E-state index contributed by atoms with van der Waals surface area (Å²) in [6.45, 7) is 2.94. The van der Waals surface area contributed by atoms with Crippen LogP contribution in [0.5, 0.6) is 0 Å². The SMILES string of the molecule is CCCn1ncnc1CC(NC)c1cncc(F)c1. The molecule has 0 aliphatic heterocycles. The van der Waals surface area contributed by atoms with Gasteiger partial charge in [0.15, 0.2) is 0 Å². The lowest BCUT2D eigenvalue weighted by Gasteiger charge is -2.16. The van der Waals surface area contributed by atoms with Gasteiger partial charge in [-0.25, -0.2) is 9.37 Å². The Balaban J connectivity index is 2.17. The Morgan fingerprint density at radius 3 is 2.95 bits per heavy atom. The van der Waals surface area contributed by atoms with Crippen LogP contribution in [-0.2, 0) is 13.0 Å². The van der Waals surface area contributed by atoms with Crippen LogP contribution in [0.4, 0.5) is 4.39 Å². The molecule has 0 aromatic carbocycles. The van der Waals surface area contributed by atoms with Gasteiger partial charge in [0, 0.05) is 25.2 Å². The van der Waals surface area contributed by atoms with Gasteiger partial charge in [-0.1, -0.05) is 6.92 Å². The second kappa shape index (κ2) is 6.38. The summed E-state index contributed by atoms with van der Waals surface area (Å²) in [6.07, 6.45) is 6.09. The summed E-state index contributed by atoms with van der Waals surface area (Å²) in [5.74, 6) is 0.568. The molecule has 0 saturated carbocycles. The number of hydrogen-bond donors (Lipinski definition) is 1. The highest BCUT2D eigenvalue weighted by Gasteiger charge is 2.15. The van der Waals surface area contributed by atoms with Crippen LogP contribution >= 0.6 is 0 Å². The van der Waals surface area contributed by atoms with Crippen molar-refractivity contribution in [3.05, 3.63) is 42.0 Å². The molecule has 19 heavy (non-hydrogen) atoms. The van der Waals surface area contributed by atoms with Gasteiger partial charge < -0.3 is 5.32 Å². The first-order valence-electron chi connectivity index (χ1n) is 6.39. The van der Waals surface area contributed by atoms with Crippen LogP contribution in [0.25, 0.3) is 0 Å². The molecule has 5 nitrogen and oxygen atoms in total. The third kappa shape index (κ3) is 3.35. The Hall–Kier alpha value is -1.82. The summed E-state index contributed by atoms with van der Waals surface area (Å²) in [5, 5.41) is 7.36. The first-order valence-corrected chi connectivity index (χ1v) is 6.39. The van der Waals surface area contributed by atoms with E-state index in [1.165, 1.54) is 12.3 Å². The fraction of sp³-hybridized carbons (Fsp3) is 0.462. The average Bonchev–Trinajstić information content (AvgIpc) is 2.84. The van der Waals surface area contributed by atoms with E-state index >= 15 is 0 Å². The second-order valence-corrected chi connectivity index (χ2v) is 4.38. The number of rotatable bonds is 6. The van der Waals surface area contributed by atoms with Gasteiger partial charge in [0.2, 0.25) is 0 Å². The second-order valence-electron chi connectivity index (χ2n) is 4.38. The van der Waals surface area contributed by atoms with Gasteiger partial charge in [0.05, 0.1) is 6.20 Å². The summed E-state index contributed by atoms with van der Waals surface area (Å²) < 4.78 is 15.1. The quantitative estimate of drug-likeness (QED) is 0.862. The maximum absolute atomic E-state index is 13.2. The fourth-order valence-electron chi connectivity index (χ4n) is 2.03. The normalized spacial score (nSPS) is 12.6. The van der Waals surface area contributed by atoms with Crippen molar-refractivity contribution in [2.45, 2.75) is 32.4 Å². The van der Waals surface area contributed by atoms with Crippen LogP contribution in [0.3, 0.4) is 0 Å². The maximum Gasteiger partial charge on any atom is 0.141 e. The zero-order chi connectivity index (χ0) is 13.7. The summed E-state index contributed by atoms with van der Waals surface area (Å²) in [6, 6.07) is 1.47. The van der Waals surface area contributed by atoms with Crippen molar-refractivity contribution in [3.8, 4) is 0 Å². The Bertz CT molecular complexity index is 525. The van der Waals surface area contributed by atoms with E-state index in [2.05, 4.69) is 27.3 Å². The molecule has 0 amide bonds. The van der Waals surface area contributed by atoms with Crippen molar-refractivity contribution in [2.75, 3.05) is 7.05 Å². The van der Waals surface area contributed by atoms with E-state index in [1.54, 1.807) is 12.5 Å². The molecular formula is C13H18FN5. The Morgan fingerprint density at radius 2 is 2.26 bits per heavy atom. The molecule has 0 aliphatic rings. The highest BCUT2D eigenvalue weighted by atomic mass is 19.1. The highest BCUT2D eigenvalue weighted by Crippen LogP contribution is 2.17. The smallest absolute Gasteiger partial charge is 0.141 e. The molecule has 2 aromatic rings. The number of nitrogens with zero attached hydrogens (tertiary/aromatic N) is 4. The molecule has 2 rings (SSSR count). The number of aryl methyl sites for hydroxylation is 1.